The van der Waals surface area contributed by atoms with E-state index < -0.39 is 49.4 Å². The summed E-state index contributed by atoms with van der Waals surface area (Å²) in [5.41, 5.74) is -3.85. The first-order chi connectivity index (χ1) is 9.94. The Kier molecular flexibility index (Phi) is 5.58. The minimum Gasteiger partial charge on any atom is -0.385 e. The zero-order chi connectivity index (χ0) is 17.2. The Morgan fingerprint density at radius 1 is 1.27 bits per heavy atom. The minimum absolute atomic E-state index is 0.316. The van der Waals surface area contributed by atoms with Crippen LogP contribution < -0.4 is 5.32 Å². The van der Waals surface area contributed by atoms with Crippen molar-refractivity contribution in [2.75, 3.05) is 26.8 Å². The molecule has 4 nitrogen and oxygen atoms in total. The van der Waals surface area contributed by atoms with E-state index in [1.165, 1.54) is 7.11 Å². The minimum atomic E-state index is -5.46. The lowest BCUT2D eigenvalue weighted by Gasteiger charge is -2.33. The maximum absolute atomic E-state index is 12.9. The molecule has 1 saturated heterocycles. The molecular weight excluding hydrogens is 318 g/mol. The molecule has 1 rings (SSSR count). The number of carbonyl (C=O) groups excluding carboxylic acids is 1. The molecular formula is C12H18F6N2O2. The van der Waals surface area contributed by atoms with Crippen LogP contribution in [0.5, 0.6) is 0 Å². The number of hydrogen-bond donors (Lipinski definition) is 1. The molecule has 0 radical (unpaired) electrons. The number of nitrogens with zero attached hydrogens (tertiary/aromatic N) is 1. The molecule has 0 aromatic carbocycles. The second kappa shape index (κ2) is 6.51. The van der Waals surface area contributed by atoms with Gasteiger partial charge in [0.1, 0.15) is 0 Å². The molecule has 1 atom stereocenters. The Bertz CT molecular complexity index is 382. The molecule has 0 bridgehead atoms. The molecule has 1 N–H and O–H groups in total. The Hall–Kier alpha value is -1.19. The van der Waals surface area contributed by atoms with Gasteiger partial charge in [0.05, 0.1) is 0 Å². The van der Waals surface area contributed by atoms with E-state index in [0.717, 1.165) is 0 Å². The molecule has 1 aliphatic heterocycles. The van der Waals surface area contributed by atoms with E-state index in [2.05, 4.69) is 5.32 Å². The smallest absolute Gasteiger partial charge is 0.385 e. The van der Waals surface area contributed by atoms with Crippen molar-refractivity contribution in [2.24, 2.45) is 5.41 Å². The van der Waals surface area contributed by atoms with E-state index in [-0.39, 0.29) is 0 Å². The summed E-state index contributed by atoms with van der Waals surface area (Å²) in [6.07, 6.45) is -11.7. The molecule has 0 spiro atoms. The second-order valence-electron chi connectivity index (χ2n) is 5.38. The van der Waals surface area contributed by atoms with Crippen molar-refractivity contribution in [1.82, 2.24) is 10.2 Å². The maximum Gasteiger partial charge on any atom is 0.404 e. The summed E-state index contributed by atoms with van der Waals surface area (Å²) in [6.45, 7) is -0.102. The summed E-state index contributed by atoms with van der Waals surface area (Å²) in [5.74, 6) is 0. The van der Waals surface area contributed by atoms with Crippen molar-refractivity contribution in [3.05, 3.63) is 0 Å². The van der Waals surface area contributed by atoms with E-state index >= 15 is 0 Å². The molecule has 2 amide bonds. The lowest BCUT2D eigenvalue weighted by atomic mass is 9.85. The van der Waals surface area contributed by atoms with E-state index in [1.54, 1.807) is 6.92 Å². The highest BCUT2D eigenvalue weighted by atomic mass is 19.4. The van der Waals surface area contributed by atoms with E-state index in [0.29, 0.717) is 17.9 Å². The molecule has 0 saturated carbocycles. The molecule has 22 heavy (non-hydrogen) atoms. The van der Waals surface area contributed by atoms with Gasteiger partial charge in [-0.15, -0.1) is 0 Å². The molecule has 0 aromatic heterocycles. The summed E-state index contributed by atoms with van der Waals surface area (Å²) >= 11 is 0. The number of methoxy groups -OCH3 is 1. The molecule has 0 aromatic rings. The molecule has 0 unspecified atom stereocenters. The maximum atomic E-state index is 12.9. The van der Waals surface area contributed by atoms with Gasteiger partial charge >= 0.3 is 18.4 Å². The van der Waals surface area contributed by atoms with E-state index in [1.807, 2.05) is 0 Å². The first-order valence-corrected chi connectivity index (χ1v) is 6.62. The summed E-state index contributed by atoms with van der Waals surface area (Å²) in [6, 6.07) is -1.35. The number of rotatable bonds is 4. The van der Waals surface area contributed by atoms with Crippen LogP contribution in [0.1, 0.15) is 19.8 Å². The lowest BCUT2D eigenvalue weighted by molar-refractivity contribution is -0.334. The third-order valence-electron chi connectivity index (χ3n) is 3.77. The molecule has 0 aliphatic carbocycles. The van der Waals surface area contributed by atoms with Crippen molar-refractivity contribution in [3.63, 3.8) is 0 Å². The van der Waals surface area contributed by atoms with Crippen LogP contribution in [0.25, 0.3) is 0 Å². The van der Waals surface area contributed by atoms with Crippen molar-refractivity contribution >= 4 is 6.03 Å². The van der Waals surface area contributed by atoms with Crippen LogP contribution in [0, 0.1) is 5.41 Å². The third-order valence-corrected chi connectivity index (χ3v) is 3.77. The fourth-order valence-corrected chi connectivity index (χ4v) is 2.28. The molecule has 10 heteroatoms. The second-order valence-corrected chi connectivity index (χ2v) is 5.38. The van der Waals surface area contributed by atoms with Gasteiger partial charge in [-0.3, -0.25) is 0 Å². The largest absolute Gasteiger partial charge is 0.404 e. The molecule has 1 fully saturated rings. The van der Waals surface area contributed by atoms with Crippen LogP contribution in [-0.2, 0) is 4.74 Å². The number of ether oxygens (including phenoxy) is 1. The van der Waals surface area contributed by atoms with Gasteiger partial charge in [-0.2, -0.15) is 26.3 Å². The Labute approximate surface area is 123 Å². The first-order valence-electron chi connectivity index (χ1n) is 6.62. The first kappa shape index (κ1) is 18.9. The quantitative estimate of drug-likeness (QED) is 0.802. The fraction of sp³-hybridized carbons (Fsp3) is 0.917. The predicted octanol–water partition coefficient (Wildman–Crippen LogP) is 2.94. The van der Waals surface area contributed by atoms with Gasteiger partial charge in [0.25, 0.3) is 0 Å². The van der Waals surface area contributed by atoms with Gasteiger partial charge in [-0.25, -0.2) is 4.79 Å². The van der Waals surface area contributed by atoms with Crippen molar-refractivity contribution in [3.8, 4) is 0 Å². The number of nitrogens with one attached hydrogen (secondary N) is 1. The monoisotopic (exact) mass is 336 g/mol. The van der Waals surface area contributed by atoms with Gasteiger partial charge in [0.2, 0.25) is 0 Å². The summed E-state index contributed by atoms with van der Waals surface area (Å²) in [4.78, 5) is 12.4. The zero-order valence-electron chi connectivity index (χ0n) is 12.1. The van der Waals surface area contributed by atoms with Gasteiger partial charge in [-0.05, 0) is 19.8 Å². The van der Waals surface area contributed by atoms with Gasteiger partial charge in [0.15, 0.2) is 5.41 Å². The Morgan fingerprint density at radius 3 is 2.23 bits per heavy atom. The van der Waals surface area contributed by atoms with Crippen molar-refractivity contribution in [2.45, 2.75) is 38.2 Å². The zero-order valence-corrected chi connectivity index (χ0v) is 12.1. The highest BCUT2D eigenvalue weighted by Gasteiger charge is 2.72. The predicted molar refractivity (Wildman–Crippen MR) is 65.2 cm³/mol. The summed E-state index contributed by atoms with van der Waals surface area (Å²) < 4.78 is 82.1. The number of carbonyl (C=O) groups is 1. The standard InChI is InChI=1S/C12H18F6N2O2/c1-8(3-6-22-2)19-9(21)20-5-4-10(7-20,11(13,14)15)12(16,17)18/h8H,3-7H2,1-2H3,(H,19,21)/t8-/m0/s1. The normalized spacial score (nSPS) is 20.1. The fourth-order valence-electron chi connectivity index (χ4n) is 2.28. The highest BCUT2D eigenvalue weighted by molar-refractivity contribution is 5.75. The third kappa shape index (κ3) is 3.76. The van der Waals surface area contributed by atoms with Crippen LogP contribution >= 0.6 is 0 Å². The van der Waals surface area contributed by atoms with Crippen LogP contribution in [0.2, 0.25) is 0 Å². The highest BCUT2D eigenvalue weighted by Crippen LogP contribution is 2.55. The lowest BCUT2D eigenvalue weighted by Crippen LogP contribution is -2.53. The van der Waals surface area contributed by atoms with Gasteiger partial charge < -0.3 is 15.0 Å². The number of urea groups is 1. The topological polar surface area (TPSA) is 41.6 Å². The van der Waals surface area contributed by atoms with Crippen LogP contribution in [0.15, 0.2) is 0 Å². The number of likely N-dealkylation sites (tertiary alicyclic amines) is 1. The molecule has 1 aliphatic rings. The number of halogens is 6. The van der Waals surface area contributed by atoms with Crippen molar-refractivity contribution < 1.29 is 35.9 Å². The Balaban J connectivity index is 2.76. The molecule has 130 valence electrons. The van der Waals surface area contributed by atoms with Gasteiger partial charge in [0, 0.05) is 32.8 Å². The number of alkyl halides is 6. The number of amides is 2. The summed E-state index contributed by atoms with van der Waals surface area (Å²) in [5, 5.41) is 2.37. The average Bonchev–Trinajstić information content (AvgIpc) is 2.81. The number of hydrogen-bond acceptors (Lipinski definition) is 2. The Morgan fingerprint density at radius 2 is 1.82 bits per heavy atom. The van der Waals surface area contributed by atoms with Crippen LogP contribution in [-0.4, -0.2) is 56.1 Å². The SMILES string of the molecule is COCC[C@H](C)NC(=O)N1CCC(C(F)(F)F)(C(F)(F)F)C1. The van der Waals surface area contributed by atoms with E-state index in [9.17, 15) is 31.1 Å². The van der Waals surface area contributed by atoms with Crippen LogP contribution in [0.4, 0.5) is 31.1 Å². The van der Waals surface area contributed by atoms with Crippen LogP contribution in [0.3, 0.4) is 0 Å². The summed E-state index contributed by atoms with van der Waals surface area (Å²) in [7, 11) is 1.44. The average molecular weight is 336 g/mol. The van der Waals surface area contributed by atoms with E-state index in [4.69, 9.17) is 4.74 Å². The van der Waals surface area contributed by atoms with Crippen molar-refractivity contribution in [1.29, 1.82) is 0 Å². The molecule has 1 heterocycles. The van der Waals surface area contributed by atoms with Gasteiger partial charge in [-0.1, -0.05) is 0 Å².